The Labute approximate surface area is 132 Å². The molecule has 0 aliphatic heterocycles. The Morgan fingerprint density at radius 1 is 1.18 bits per heavy atom. The third-order valence-electron chi connectivity index (χ3n) is 8.01. The molecule has 2 bridgehead atoms. The lowest BCUT2D eigenvalue weighted by molar-refractivity contribution is -0.216. The maximum atomic E-state index is 13.0. The van der Waals surface area contributed by atoms with E-state index in [2.05, 4.69) is 13.5 Å². The number of ketones is 1. The second kappa shape index (κ2) is 4.24. The van der Waals surface area contributed by atoms with Crippen molar-refractivity contribution in [1.29, 1.82) is 0 Å². The van der Waals surface area contributed by atoms with E-state index in [1.807, 2.05) is 6.92 Å². The van der Waals surface area contributed by atoms with Crippen molar-refractivity contribution in [1.82, 2.24) is 0 Å². The summed E-state index contributed by atoms with van der Waals surface area (Å²) in [5, 5.41) is 21.9. The molecule has 7 atom stereocenters. The lowest BCUT2D eigenvalue weighted by atomic mass is 9.42. The number of carbonyl (C=O) groups excluding carboxylic acids is 1. The van der Waals surface area contributed by atoms with Crippen molar-refractivity contribution in [2.45, 2.75) is 70.5 Å². The number of rotatable bonds is 0. The van der Waals surface area contributed by atoms with Crippen LogP contribution in [-0.2, 0) is 4.79 Å². The Morgan fingerprint density at radius 2 is 1.91 bits per heavy atom. The highest BCUT2D eigenvalue weighted by molar-refractivity contribution is 6.03. The Hall–Kier alpha value is -0.670. The number of allylic oxidation sites excluding steroid dienone is 1. The molecule has 4 rings (SSSR count). The molecule has 3 heteroatoms. The molecule has 0 heterocycles. The number of aliphatic hydroxyl groups excluding tert-OH is 1. The summed E-state index contributed by atoms with van der Waals surface area (Å²) in [4.78, 5) is 13.0. The highest BCUT2D eigenvalue weighted by Gasteiger charge is 2.70. The van der Waals surface area contributed by atoms with Crippen LogP contribution in [0.2, 0.25) is 0 Å². The predicted molar refractivity (Wildman–Crippen MR) is 84.1 cm³/mol. The minimum absolute atomic E-state index is 0.0355. The van der Waals surface area contributed by atoms with Gasteiger partial charge in [-0.2, -0.15) is 0 Å². The van der Waals surface area contributed by atoms with Gasteiger partial charge in [-0.3, -0.25) is 4.79 Å². The SMILES string of the molecule is C=C1C(=O)[C@]23C[C@H]1CC[C@H]2[C@]1(C)CCC[C@](C)(O)[C@H]1C[C@H]3O. The van der Waals surface area contributed by atoms with Crippen LogP contribution in [0.1, 0.15) is 58.8 Å². The van der Waals surface area contributed by atoms with Crippen LogP contribution in [-0.4, -0.2) is 27.7 Å². The minimum Gasteiger partial charge on any atom is -0.392 e. The maximum Gasteiger partial charge on any atom is 0.167 e. The lowest BCUT2D eigenvalue weighted by Gasteiger charge is -2.63. The maximum absolute atomic E-state index is 13.0. The molecule has 22 heavy (non-hydrogen) atoms. The van der Waals surface area contributed by atoms with Crippen molar-refractivity contribution in [3.63, 3.8) is 0 Å². The van der Waals surface area contributed by atoms with E-state index in [0.717, 1.165) is 44.1 Å². The number of hydrogen-bond acceptors (Lipinski definition) is 3. The van der Waals surface area contributed by atoms with Crippen LogP contribution in [0.5, 0.6) is 0 Å². The largest absolute Gasteiger partial charge is 0.392 e. The van der Waals surface area contributed by atoms with Crippen molar-refractivity contribution < 1.29 is 15.0 Å². The molecule has 0 aromatic heterocycles. The highest BCUT2D eigenvalue weighted by Crippen LogP contribution is 2.69. The monoisotopic (exact) mass is 304 g/mol. The van der Waals surface area contributed by atoms with E-state index < -0.39 is 17.1 Å². The fraction of sp³-hybridized carbons (Fsp3) is 0.842. The van der Waals surface area contributed by atoms with Gasteiger partial charge in [0.15, 0.2) is 5.78 Å². The molecule has 0 radical (unpaired) electrons. The Bertz CT molecular complexity index is 551. The van der Waals surface area contributed by atoms with Gasteiger partial charge in [0.1, 0.15) is 0 Å². The third-order valence-corrected chi connectivity index (χ3v) is 8.01. The minimum atomic E-state index is -0.717. The third kappa shape index (κ3) is 1.52. The fourth-order valence-corrected chi connectivity index (χ4v) is 7.01. The zero-order chi connectivity index (χ0) is 15.9. The second-order valence-electron chi connectivity index (χ2n) is 8.95. The van der Waals surface area contributed by atoms with Gasteiger partial charge in [-0.15, -0.1) is 0 Å². The molecular weight excluding hydrogens is 276 g/mol. The topological polar surface area (TPSA) is 57.5 Å². The molecule has 4 aliphatic carbocycles. The van der Waals surface area contributed by atoms with Gasteiger partial charge >= 0.3 is 0 Å². The number of carbonyl (C=O) groups is 1. The van der Waals surface area contributed by atoms with Gasteiger partial charge in [-0.1, -0.05) is 19.9 Å². The van der Waals surface area contributed by atoms with Crippen LogP contribution >= 0.6 is 0 Å². The van der Waals surface area contributed by atoms with Gasteiger partial charge in [-0.05, 0) is 74.2 Å². The van der Waals surface area contributed by atoms with Crippen molar-refractivity contribution >= 4 is 5.78 Å². The number of fused-ring (bicyclic) bond motifs is 3. The summed E-state index contributed by atoms with van der Waals surface area (Å²) in [6.45, 7) is 8.25. The Kier molecular flexibility index (Phi) is 2.87. The van der Waals surface area contributed by atoms with E-state index in [0.29, 0.717) is 6.42 Å². The summed E-state index contributed by atoms with van der Waals surface area (Å²) in [5.74, 6) is 0.709. The summed E-state index contributed by atoms with van der Waals surface area (Å²) in [5.41, 5.74) is -0.595. The van der Waals surface area contributed by atoms with Crippen molar-refractivity contribution in [2.75, 3.05) is 0 Å². The summed E-state index contributed by atoms with van der Waals surface area (Å²) in [6.07, 6.45) is 5.65. The van der Waals surface area contributed by atoms with Crippen molar-refractivity contribution in [3.05, 3.63) is 12.2 Å². The molecule has 0 unspecified atom stereocenters. The average molecular weight is 304 g/mol. The van der Waals surface area contributed by atoms with Crippen LogP contribution in [0, 0.1) is 28.6 Å². The first kappa shape index (κ1) is 14.9. The van der Waals surface area contributed by atoms with Crippen molar-refractivity contribution in [3.8, 4) is 0 Å². The molecule has 122 valence electrons. The number of Topliss-reactive ketones (excluding diaryl/α,β-unsaturated/α-hetero) is 1. The van der Waals surface area contributed by atoms with Crippen LogP contribution < -0.4 is 0 Å². The molecule has 4 saturated carbocycles. The molecule has 4 fully saturated rings. The molecular formula is C19H28O3. The summed E-state index contributed by atoms with van der Waals surface area (Å²) >= 11 is 0. The second-order valence-corrected chi connectivity index (χ2v) is 8.95. The van der Waals surface area contributed by atoms with Crippen LogP contribution in [0.15, 0.2) is 12.2 Å². The predicted octanol–water partition coefficient (Wildman–Crippen LogP) is 2.85. The van der Waals surface area contributed by atoms with E-state index in [9.17, 15) is 15.0 Å². The fourth-order valence-electron chi connectivity index (χ4n) is 7.01. The molecule has 1 spiro atoms. The molecule has 0 amide bonds. The molecule has 3 nitrogen and oxygen atoms in total. The van der Waals surface area contributed by atoms with Gasteiger partial charge in [-0.25, -0.2) is 0 Å². The van der Waals surface area contributed by atoms with E-state index in [1.54, 1.807) is 0 Å². The first-order chi connectivity index (χ1) is 10.2. The van der Waals surface area contributed by atoms with E-state index in [4.69, 9.17) is 0 Å². The standard InChI is InChI=1S/C19H28O3/c1-11-12-5-6-13-17(2)7-4-8-18(3,22)14(17)9-15(20)19(13,10-12)16(11)21/h12-15,20,22H,1,4-10H2,2-3H3/t12-,13+,14+,15-,17+,18+,19-/m1/s1. The molecule has 0 aromatic carbocycles. The molecule has 0 aromatic rings. The lowest BCUT2D eigenvalue weighted by Crippen LogP contribution is -2.64. The number of hydrogen-bond donors (Lipinski definition) is 2. The quantitative estimate of drug-likeness (QED) is 0.677. The summed E-state index contributed by atoms with van der Waals surface area (Å²) < 4.78 is 0. The van der Waals surface area contributed by atoms with Gasteiger partial charge in [0.2, 0.25) is 0 Å². The smallest absolute Gasteiger partial charge is 0.167 e. The van der Waals surface area contributed by atoms with Gasteiger partial charge in [0, 0.05) is 0 Å². The zero-order valence-electron chi connectivity index (χ0n) is 13.8. The first-order valence-corrected chi connectivity index (χ1v) is 8.87. The van der Waals surface area contributed by atoms with Crippen LogP contribution in [0.25, 0.3) is 0 Å². The van der Waals surface area contributed by atoms with E-state index >= 15 is 0 Å². The van der Waals surface area contributed by atoms with Crippen LogP contribution in [0.4, 0.5) is 0 Å². The van der Waals surface area contributed by atoms with E-state index in [1.165, 1.54) is 0 Å². The Balaban J connectivity index is 1.84. The Morgan fingerprint density at radius 3 is 2.64 bits per heavy atom. The molecule has 4 aliphatic rings. The highest BCUT2D eigenvalue weighted by atomic mass is 16.3. The summed E-state index contributed by atoms with van der Waals surface area (Å²) in [7, 11) is 0. The summed E-state index contributed by atoms with van der Waals surface area (Å²) in [6, 6.07) is 0. The van der Waals surface area contributed by atoms with Gasteiger partial charge in [0.25, 0.3) is 0 Å². The molecule has 2 N–H and O–H groups in total. The van der Waals surface area contributed by atoms with Crippen molar-refractivity contribution in [2.24, 2.45) is 28.6 Å². The van der Waals surface area contributed by atoms with Gasteiger partial charge < -0.3 is 10.2 Å². The van der Waals surface area contributed by atoms with E-state index in [-0.39, 0.29) is 29.0 Å². The van der Waals surface area contributed by atoms with Gasteiger partial charge in [0.05, 0.1) is 17.1 Å². The zero-order valence-corrected chi connectivity index (χ0v) is 13.8. The molecule has 0 saturated heterocycles. The van der Waals surface area contributed by atoms with Crippen LogP contribution in [0.3, 0.4) is 0 Å². The normalized spacial score (nSPS) is 57.5. The average Bonchev–Trinajstić information content (AvgIpc) is 2.64. The first-order valence-electron chi connectivity index (χ1n) is 8.87. The number of aliphatic hydroxyl groups is 2.